The highest BCUT2D eigenvalue weighted by Gasteiger charge is 2.14. The summed E-state index contributed by atoms with van der Waals surface area (Å²) >= 11 is 0. The third kappa shape index (κ3) is 5.62. The number of aliphatic hydroxyl groups excluding tert-OH is 2. The van der Waals surface area contributed by atoms with Crippen molar-refractivity contribution in [1.29, 1.82) is 0 Å². The predicted molar refractivity (Wildman–Crippen MR) is 114 cm³/mol. The number of ether oxygens (including phenoxy) is 3. The third-order valence-electron chi connectivity index (χ3n) is 4.68. The minimum Gasteiger partial charge on any atom is -0.491 e. The van der Waals surface area contributed by atoms with Crippen LogP contribution in [0.5, 0.6) is 23.0 Å². The van der Waals surface area contributed by atoms with E-state index in [9.17, 15) is 10.2 Å². The second-order valence-electron chi connectivity index (χ2n) is 6.94. The highest BCUT2D eigenvalue weighted by molar-refractivity contribution is 5.92. The molecule has 2 N–H and O–H groups in total. The van der Waals surface area contributed by atoms with Crippen molar-refractivity contribution in [3.63, 3.8) is 0 Å². The van der Waals surface area contributed by atoms with Crippen LogP contribution in [0.4, 0.5) is 0 Å². The van der Waals surface area contributed by atoms with Gasteiger partial charge in [-0.3, -0.25) is 0 Å². The Morgan fingerprint density at radius 3 is 2.14 bits per heavy atom. The summed E-state index contributed by atoms with van der Waals surface area (Å²) < 4.78 is 17.7. The molecule has 3 aromatic rings. The van der Waals surface area contributed by atoms with E-state index in [2.05, 4.69) is 0 Å². The molecule has 2 atom stereocenters. The van der Waals surface area contributed by atoms with Crippen molar-refractivity contribution in [1.82, 2.24) is 0 Å². The maximum Gasteiger partial charge on any atom is 0.169 e. The highest BCUT2D eigenvalue weighted by Crippen LogP contribution is 2.39. The van der Waals surface area contributed by atoms with Crippen LogP contribution < -0.4 is 14.2 Å². The lowest BCUT2D eigenvalue weighted by molar-refractivity contribution is 0.104. The fourth-order valence-electron chi connectivity index (χ4n) is 2.80. The second kappa shape index (κ2) is 10.1. The van der Waals surface area contributed by atoms with Gasteiger partial charge in [-0.05, 0) is 54.6 Å². The van der Waals surface area contributed by atoms with Gasteiger partial charge in [0.1, 0.15) is 24.7 Å². The Morgan fingerprint density at radius 1 is 0.759 bits per heavy atom. The van der Waals surface area contributed by atoms with Crippen molar-refractivity contribution < 1.29 is 24.4 Å². The number of hydrogen-bond acceptors (Lipinski definition) is 5. The van der Waals surface area contributed by atoms with Gasteiger partial charge in [-0.2, -0.15) is 0 Å². The molecule has 0 saturated heterocycles. The van der Waals surface area contributed by atoms with Gasteiger partial charge in [-0.15, -0.1) is 0 Å². The van der Waals surface area contributed by atoms with Gasteiger partial charge in [0.2, 0.25) is 0 Å². The molecule has 5 heteroatoms. The van der Waals surface area contributed by atoms with E-state index in [1.807, 2.05) is 74.5 Å². The maximum atomic E-state index is 9.95. The van der Waals surface area contributed by atoms with Gasteiger partial charge in [0.25, 0.3) is 0 Å². The summed E-state index contributed by atoms with van der Waals surface area (Å²) in [5, 5.41) is 21.5. The summed E-state index contributed by atoms with van der Waals surface area (Å²) in [6.07, 6.45) is 0.220. The van der Waals surface area contributed by atoms with Crippen LogP contribution in [0.1, 0.15) is 26.7 Å². The van der Waals surface area contributed by atoms with Gasteiger partial charge < -0.3 is 24.4 Å². The lowest BCUT2D eigenvalue weighted by Gasteiger charge is -2.17. The van der Waals surface area contributed by atoms with Crippen LogP contribution in [0.3, 0.4) is 0 Å². The molecule has 0 aliphatic rings. The highest BCUT2D eigenvalue weighted by atomic mass is 16.5. The molecule has 29 heavy (non-hydrogen) atoms. The van der Waals surface area contributed by atoms with Crippen LogP contribution in [0, 0.1) is 0 Å². The quantitative estimate of drug-likeness (QED) is 0.508. The topological polar surface area (TPSA) is 68.2 Å². The molecule has 2 unspecified atom stereocenters. The standard InChI is InChI=1S/C24H28O5/c1-3-18(25)15-27-21-11-12-22-17(14-21)10-13-23(24(22)28-16-19(26)4-2)29-20-8-6-5-7-9-20/h5-14,18-19,25-26H,3-4,15-16H2,1-2H3. The number of rotatable bonds is 10. The molecule has 0 aliphatic carbocycles. The lowest BCUT2D eigenvalue weighted by atomic mass is 10.1. The number of hydrogen-bond donors (Lipinski definition) is 2. The van der Waals surface area contributed by atoms with Crippen LogP contribution in [0.25, 0.3) is 10.8 Å². The molecule has 0 fully saturated rings. The van der Waals surface area contributed by atoms with Crippen LogP contribution in [-0.2, 0) is 0 Å². The van der Waals surface area contributed by atoms with E-state index in [0.29, 0.717) is 35.8 Å². The molecule has 0 spiro atoms. The van der Waals surface area contributed by atoms with Crippen molar-refractivity contribution in [2.45, 2.75) is 38.9 Å². The van der Waals surface area contributed by atoms with E-state index in [1.165, 1.54) is 0 Å². The largest absolute Gasteiger partial charge is 0.491 e. The van der Waals surface area contributed by atoms with E-state index in [-0.39, 0.29) is 13.2 Å². The second-order valence-corrected chi connectivity index (χ2v) is 6.94. The summed E-state index contributed by atoms with van der Waals surface area (Å²) in [6, 6.07) is 19.0. The zero-order chi connectivity index (χ0) is 20.6. The summed E-state index contributed by atoms with van der Waals surface area (Å²) in [7, 11) is 0. The van der Waals surface area contributed by atoms with Crippen LogP contribution in [-0.4, -0.2) is 35.6 Å². The van der Waals surface area contributed by atoms with E-state index in [0.717, 1.165) is 10.8 Å². The average Bonchev–Trinajstić information content (AvgIpc) is 2.76. The molecule has 154 valence electrons. The molecule has 0 saturated carbocycles. The monoisotopic (exact) mass is 396 g/mol. The molecule has 5 nitrogen and oxygen atoms in total. The minimum atomic E-state index is -0.548. The summed E-state index contributed by atoms with van der Waals surface area (Å²) in [5.74, 6) is 2.56. The number of aliphatic hydroxyl groups is 2. The first-order chi connectivity index (χ1) is 14.1. The SMILES string of the molecule is CCC(O)COc1ccc2c(OCC(O)CC)c(Oc3ccccc3)ccc2c1. The summed E-state index contributed by atoms with van der Waals surface area (Å²) in [4.78, 5) is 0. The maximum absolute atomic E-state index is 9.95. The fraction of sp³-hybridized carbons (Fsp3) is 0.333. The van der Waals surface area contributed by atoms with Gasteiger partial charge in [0, 0.05) is 5.39 Å². The first-order valence-electron chi connectivity index (χ1n) is 10.0. The normalized spacial score (nSPS) is 13.1. The van der Waals surface area contributed by atoms with Gasteiger partial charge >= 0.3 is 0 Å². The zero-order valence-corrected chi connectivity index (χ0v) is 16.9. The molecule has 0 radical (unpaired) electrons. The fourth-order valence-corrected chi connectivity index (χ4v) is 2.80. The summed E-state index contributed by atoms with van der Waals surface area (Å²) in [6.45, 7) is 4.26. The Balaban J connectivity index is 1.92. The van der Waals surface area contributed by atoms with Crippen molar-refractivity contribution in [2.24, 2.45) is 0 Å². The van der Waals surface area contributed by atoms with Gasteiger partial charge in [-0.25, -0.2) is 0 Å². The molecule has 0 aliphatic heterocycles. The summed E-state index contributed by atoms with van der Waals surface area (Å²) in [5.41, 5.74) is 0. The number of fused-ring (bicyclic) bond motifs is 1. The van der Waals surface area contributed by atoms with Crippen molar-refractivity contribution in [3.8, 4) is 23.0 Å². The van der Waals surface area contributed by atoms with Crippen LogP contribution in [0.15, 0.2) is 60.7 Å². The van der Waals surface area contributed by atoms with Crippen molar-refractivity contribution >= 4 is 10.8 Å². The smallest absolute Gasteiger partial charge is 0.169 e. The molecule has 0 aromatic heterocycles. The number of para-hydroxylation sites is 1. The Hall–Kier alpha value is -2.76. The Morgan fingerprint density at radius 2 is 1.45 bits per heavy atom. The van der Waals surface area contributed by atoms with Gasteiger partial charge in [0.05, 0.1) is 12.2 Å². The first kappa shape index (κ1) is 21.0. The van der Waals surface area contributed by atoms with Crippen LogP contribution in [0.2, 0.25) is 0 Å². The Labute approximate surface area is 171 Å². The average molecular weight is 396 g/mol. The van der Waals surface area contributed by atoms with E-state index in [1.54, 1.807) is 0 Å². The molecule has 0 amide bonds. The molecular weight excluding hydrogens is 368 g/mol. The predicted octanol–water partition coefficient (Wildman–Crippen LogP) is 4.93. The lowest BCUT2D eigenvalue weighted by Crippen LogP contribution is -2.16. The van der Waals surface area contributed by atoms with Gasteiger partial charge in [-0.1, -0.05) is 38.1 Å². The Kier molecular flexibility index (Phi) is 7.33. The first-order valence-corrected chi connectivity index (χ1v) is 10.0. The molecular formula is C24H28O5. The van der Waals surface area contributed by atoms with E-state index >= 15 is 0 Å². The molecule has 3 aromatic carbocycles. The Bertz CT molecular complexity index is 910. The van der Waals surface area contributed by atoms with Crippen molar-refractivity contribution in [3.05, 3.63) is 60.7 Å². The molecule has 0 heterocycles. The molecule has 3 rings (SSSR count). The van der Waals surface area contributed by atoms with Gasteiger partial charge in [0.15, 0.2) is 11.5 Å². The van der Waals surface area contributed by atoms with E-state index < -0.39 is 12.2 Å². The van der Waals surface area contributed by atoms with E-state index in [4.69, 9.17) is 14.2 Å². The molecule has 0 bridgehead atoms. The minimum absolute atomic E-state index is 0.182. The number of benzene rings is 3. The third-order valence-corrected chi connectivity index (χ3v) is 4.68. The zero-order valence-electron chi connectivity index (χ0n) is 16.9. The van der Waals surface area contributed by atoms with Crippen molar-refractivity contribution in [2.75, 3.05) is 13.2 Å². The van der Waals surface area contributed by atoms with Crippen LogP contribution >= 0.6 is 0 Å².